The average Bonchev–Trinajstić information content (AvgIpc) is 2.74. The lowest BCUT2D eigenvalue weighted by atomic mass is 9.78. The molecule has 0 aromatic heterocycles. The molecule has 1 heterocycles. The van der Waals surface area contributed by atoms with Crippen LogP contribution in [-0.2, 0) is 0 Å². The third kappa shape index (κ3) is 2.87. The summed E-state index contributed by atoms with van der Waals surface area (Å²) >= 11 is 0. The number of nitrogens with zero attached hydrogens (tertiary/aromatic N) is 1. The summed E-state index contributed by atoms with van der Waals surface area (Å²) in [5, 5.41) is 15.9. The first-order chi connectivity index (χ1) is 14.5. The van der Waals surface area contributed by atoms with E-state index in [0.717, 1.165) is 11.1 Å². The summed E-state index contributed by atoms with van der Waals surface area (Å²) in [7, 11) is 0. The quantitative estimate of drug-likeness (QED) is 0.398. The number of hydroxylamine groups is 2. The Labute approximate surface area is 178 Å². The smallest absolute Gasteiger partial charge is 0.0869 e. The maximum Gasteiger partial charge on any atom is 0.0869 e. The first-order valence-corrected chi connectivity index (χ1v) is 10.6. The lowest BCUT2D eigenvalue weighted by Crippen LogP contribution is -2.36. The van der Waals surface area contributed by atoms with Gasteiger partial charge in [0.05, 0.1) is 12.1 Å². The number of hydrogen-bond acceptors (Lipinski definition) is 2. The highest BCUT2D eigenvalue weighted by Gasteiger charge is 2.38. The summed E-state index contributed by atoms with van der Waals surface area (Å²) < 4.78 is 0. The molecule has 0 radical (unpaired) electrons. The largest absolute Gasteiger partial charge is 0.312 e. The Morgan fingerprint density at radius 3 is 1.37 bits per heavy atom. The molecular weight excluding hydrogens is 366 g/mol. The van der Waals surface area contributed by atoms with E-state index in [1.54, 1.807) is 5.06 Å². The molecule has 0 unspecified atom stereocenters. The fourth-order valence-electron chi connectivity index (χ4n) is 4.94. The third-order valence-corrected chi connectivity index (χ3v) is 6.56. The maximum atomic E-state index is 11.8. The molecule has 0 saturated heterocycles. The third-order valence-electron chi connectivity index (χ3n) is 6.56. The second-order valence-corrected chi connectivity index (χ2v) is 8.70. The summed E-state index contributed by atoms with van der Waals surface area (Å²) in [6.45, 7) is 8.51. The molecule has 2 atom stereocenters. The molecule has 30 heavy (non-hydrogen) atoms. The van der Waals surface area contributed by atoms with Gasteiger partial charge in [0, 0.05) is 0 Å². The van der Waals surface area contributed by atoms with Crippen LogP contribution in [-0.4, -0.2) is 10.3 Å². The van der Waals surface area contributed by atoms with Gasteiger partial charge in [-0.15, -0.1) is 0 Å². The molecule has 1 N–H and O–H groups in total. The first-order valence-electron chi connectivity index (χ1n) is 10.6. The van der Waals surface area contributed by atoms with Crippen molar-refractivity contribution < 1.29 is 5.21 Å². The molecular formula is C28H27NO. The van der Waals surface area contributed by atoms with Gasteiger partial charge < -0.3 is 5.21 Å². The van der Waals surface area contributed by atoms with Crippen LogP contribution < -0.4 is 0 Å². The molecule has 0 amide bonds. The van der Waals surface area contributed by atoms with Crippen LogP contribution in [0.2, 0.25) is 0 Å². The summed E-state index contributed by atoms with van der Waals surface area (Å²) in [6.07, 6.45) is 0. The van der Waals surface area contributed by atoms with Crippen molar-refractivity contribution in [3.63, 3.8) is 0 Å². The number of benzene rings is 4. The number of rotatable bonds is 2. The van der Waals surface area contributed by atoms with Crippen molar-refractivity contribution in [1.82, 2.24) is 5.06 Å². The molecule has 0 spiro atoms. The van der Waals surface area contributed by atoms with E-state index >= 15 is 0 Å². The van der Waals surface area contributed by atoms with Gasteiger partial charge in [0.2, 0.25) is 0 Å². The lowest BCUT2D eigenvalue weighted by Gasteiger charge is -2.41. The van der Waals surface area contributed by atoms with E-state index in [0.29, 0.717) is 0 Å². The summed E-state index contributed by atoms with van der Waals surface area (Å²) in [5.74, 6) is 0. The van der Waals surface area contributed by atoms with Crippen LogP contribution in [0.1, 0.15) is 56.6 Å². The molecule has 1 aliphatic rings. The zero-order valence-corrected chi connectivity index (χ0v) is 18.0. The zero-order valence-electron chi connectivity index (χ0n) is 18.0. The van der Waals surface area contributed by atoms with Gasteiger partial charge in [0.15, 0.2) is 0 Å². The standard InChI is InChI=1S/C28H27NO/c1-17-5-11-22(12-6-17)27-24-19(3)9-15-21-16-10-20(4)25(26(21)24)28(29(27)30)23-13-7-18(2)8-14-23/h5-16,27-28,30H,1-4H3/t27-,28-/m0/s1. The molecule has 4 aromatic carbocycles. The Bertz CT molecular complexity index is 1140. The van der Waals surface area contributed by atoms with Gasteiger partial charge in [0.25, 0.3) is 0 Å². The highest BCUT2D eigenvalue weighted by Crippen LogP contribution is 2.49. The number of aryl methyl sites for hydroxylation is 4. The molecule has 2 nitrogen and oxygen atoms in total. The normalized spacial score (nSPS) is 18.7. The summed E-state index contributed by atoms with van der Waals surface area (Å²) in [4.78, 5) is 0. The van der Waals surface area contributed by atoms with Crippen molar-refractivity contribution in [2.45, 2.75) is 39.8 Å². The van der Waals surface area contributed by atoms with Crippen LogP contribution in [0.4, 0.5) is 0 Å². The molecule has 0 saturated carbocycles. The van der Waals surface area contributed by atoms with Gasteiger partial charge in [0.1, 0.15) is 0 Å². The van der Waals surface area contributed by atoms with Crippen molar-refractivity contribution >= 4 is 10.8 Å². The van der Waals surface area contributed by atoms with Crippen LogP contribution in [0.25, 0.3) is 10.8 Å². The molecule has 5 rings (SSSR count). The maximum absolute atomic E-state index is 11.8. The Balaban J connectivity index is 1.86. The minimum atomic E-state index is -0.213. The number of hydrogen-bond donors (Lipinski definition) is 1. The Morgan fingerprint density at radius 2 is 0.967 bits per heavy atom. The summed E-state index contributed by atoms with van der Waals surface area (Å²) in [6, 6.07) is 25.5. The molecule has 0 bridgehead atoms. The van der Waals surface area contributed by atoms with E-state index in [-0.39, 0.29) is 12.1 Å². The van der Waals surface area contributed by atoms with E-state index in [4.69, 9.17) is 0 Å². The van der Waals surface area contributed by atoms with E-state index in [1.807, 2.05) is 0 Å². The monoisotopic (exact) mass is 393 g/mol. The molecule has 2 heteroatoms. The van der Waals surface area contributed by atoms with Crippen LogP contribution in [0.15, 0.2) is 72.8 Å². The van der Waals surface area contributed by atoms with Crippen molar-refractivity contribution in [2.75, 3.05) is 0 Å². The van der Waals surface area contributed by atoms with Gasteiger partial charge in [-0.3, -0.25) is 0 Å². The second-order valence-electron chi connectivity index (χ2n) is 8.70. The topological polar surface area (TPSA) is 23.5 Å². The van der Waals surface area contributed by atoms with Gasteiger partial charge in [-0.25, -0.2) is 0 Å². The Kier molecular flexibility index (Phi) is 4.50. The van der Waals surface area contributed by atoms with E-state index in [2.05, 4.69) is 100 Å². The lowest BCUT2D eigenvalue weighted by molar-refractivity contribution is -0.144. The Hall–Kier alpha value is -2.94. The van der Waals surface area contributed by atoms with Crippen LogP contribution in [0.5, 0.6) is 0 Å². The fraction of sp³-hybridized carbons (Fsp3) is 0.214. The van der Waals surface area contributed by atoms with Gasteiger partial charge in [-0.1, -0.05) is 83.9 Å². The van der Waals surface area contributed by atoms with Gasteiger partial charge >= 0.3 is 0 Å². The highest BCUT2D eigenvalue weighted by atomic mass is 16.5. The summed E-state index contributed by atoms with van der Waals surface area (Å²) in [5.41, 5.74) is 9.51. The minimum Gasteiger partial charge on any atom is -0.312 e. The van der Waals surface area contributed by atoms with Crippen LogP contribution >= 0.6 is 0 Å². The van der Waals surface area contributed by atoms with Crippen LogP contribution in [0.3, 0.4) is 0 Å². The van der Waals surface area contributed by atoms with Crippen LogP contribution in [0, 0.1) is 27.7 Å². The van der Waals surface area contributed by atoms with Gasteiger partial charge in [-0.05, 0) is 71.8 Å². The van der Waals surface area contributed by atoms with Crippen molar-refractivity contribution in [3.8, 4) is 0 Å². The SMILES string of the molecule is Cc1ccc([C@H]2c3c(C)ccc4ccc(C)c(c34)[C@H](c3ccc(C)cc3)N2O)cc1. The van der Waals surface area contributed by atoms with Crippen molar-refractivity contribution in [3.05, 3.63) is 117 Å². The first kappa shape index (κ1) is 19.0. The van der Waals surface area contributed by atoms with Gasteiger partial charge in [-0.2, -0.15) is 5.06 Å². The van der Waals surface area contributed by atoms with Crippen molar-refractivity contribution in [2.24, 2.45) is 0 Å². The highest BCUT2D eigenvalue weighted by molar-refractivity contribution is 5.93. The minimum absolute atomic E-state index is 0.213. The molecule has 0 fully saturated rings. The predicted molar refractivity (Wildman–Crippen MR) is 123 cm³/mol. The van der Waals surface area contributed by atoms with E-state index < -0.39 is 0 Å². The molecule has 1 aliphatic heterocycles. The second kappa shape index (κ2) is 7.09. The van der Waals surface area contributed by atoms with Crippen molar-refractivity contribution in [1.29, 1.82) is 0 Å². The average molecular weight is 394 g/mol. The molecule has 0 aliphatic carbocycles. The fourth-order valence-corrected chi connectivity index (χ4v) is 4.94. The molecule has 150 valence electrons. The van der Waals surface area contributed by atoms with E-state index in [1.165, 1.54) is 44.2 Å². The predicted octanol–water partition coefficient (Wildman–Crippen LogP) is 6.96. The van der Waals surface area contributed by atoms with E-state index in [9.17, 15) is 5.21 Å². The molecule has 4 aromatic rings. The zero-order chi connectivity index (χ0) is 21.0. The Morgan fingerprint density at radius 1 is 0.567 bits per heavy atom.